The molecule has 0 aliphatic rings. The van der Waals surface area contributed by atoms with Crippen molar-refractivity contribution in [3.05, 3.63) is 0 Å². The molecule has 0 spiro atoms. The maximum Gasteiger partial charge on any atom is 0.305 e. The van der Waals surface area contributed by atoms with Crippen LogP contribution in [0.5, 0.6) is 0 Å². The van der Waals surface area contributed by atoms with Crippen LogP contribution >= 0.6 is 0 Å². The van der Waals surface area contributed by atoms with E-state index in [4.69, 9.17) is 9.47 Å². The van der Waals surface area contributed by atoms with Crippen LogP contribution in [-0.4, -0.2) is 88.5 Å². The molecule has 0 N–H and O–H groups in total. The topological polar surface area (TPSA) is 52.6 Å². The number of carbonyl (C=O) groups excluding carboxylic acids is 2. The fourth-order valence-corrected chi connectivity index (χ4v) is 6.48. The number of unbranched alkanes of at least 4 members (excludes halogenated alkanes) is 23. The summed E-state index contributed by atoms with van der Waals surface area (Å²) in [6.45, 7) is 9.47. The molecule has 0 aromatic carbocycles. The van der Waals surface area contributed by atoms with Crippen LogP contribution in [0.3, 0.4) is 0 Å². The van der Waals surface area contributed by atoms with Gasteiger partial charge in [-0.05, 0) is 38.5 Å². The Hall–Kier alpha value is -1.14. The van der Waals surface area contributed by atoms with Crippen molar-refractivity contribution in [1.82, 2.24) is 0 Å². The average molecular weight is 683 g/mol. The fourth-order valence-electron chi connectivity index (χ4n) is 6.48. The smallest absolute Gasteiger partial charge is 0.305 e. The molecule has 0 aliphatic carbocycles. The highest BCUT2D eigenvalue weighted by atomic mass is 16.5. The number of hydrogen-bond donors (Lipinski definition) is 0. The summed E-state index contributed by atoms with van der Waals surface area (Å²) < 4.78 is 12.8. The molecule has 48 heavy (non-hydrogen) atoms. The molecule has 0 atom stereocenters. The Morgan fingerprint density at radius 2 is 0.604 bits per heavy atom. The lowest BCUT2D eigenvalue weighted by atomic mass is 10.1. The Bertz CT molecular complexity index is 664. The predicted molar refractivity (Wildman–Crippen MR) is 206 cm³/mol. The number of quaternary nitrogens is 2. The average Bonchev–Trinajstić information content (AvgIpc) is 3.04. The minimum atomic E-state index is -0.148. The van der Waals surface area contributed by atoms with Crippen molar-refractivity contribution in [3.8, 4) is 0 Å². The van der Waals surface area contributed by atoms with Gasteiger partial charge in [0, 0.05) is 12.8 Å². The van der Waals surface area contributed by atoms with Crippen molar-refractivity contribution >= 4 is 11.9 Å². The van der Waals surface area contributed by atoms with Crippen molar-refractivity contribution < 1.29 is 28.0 Å². The molecular weight excluding hydrogens is 596 g/mol. The number of hydrogen-bond acceptors (Lipinski definition) is 4. The highest BCUT2D eigenvalue weighted by molar-refractivity contribution is 5.70. The van der Waals surface area contributed by atoms with Gasteiger partial charge in [-0.3, -0.25) is 9.59 Å². The second-order valence-corrected chi connectivity index (χ2v) is 16.2. The van der Waals surface area contributed by atoms with E-state index in [0.29, 0.717) is 38.9 Å². The zero-order valence-electron chi connectivity index (χ0n) is 33.6. The second kappa shape index (κ2) is 33.0. The van der Waals surface area contributed by atoms with E-state index in [-0.39, 0.29) is 11.9 Å². The van der Waals surface area contributed by atoms with Crippen molar-refractivity contribution in [1.29, 1.82) is 0 Å². The second-order valence-electron chi connectivity index (χ2n) is 16.2. The van der Waals surface area contributed by atoms with E-state index in [1.54, 1.807) is 0 Å². The first-order chi connectivity index (χ1) is 23.1. The van der Waals surface area contributed by atoms with Crippen LogP contribution in [0.15, 0.2) is 0 Å². The third-order valence-electron chi connectivity index (χ3n) is 10.2. The Kier molecular flexibility index (Phi) is 32.2. The Morgan fingerprint density at radius 3 is 0.875 bits per heavy atom. The Balaban J connectivity index is 3.65. The van der Waals surface area contributed by atoms with E-state index in [9.17, 15) is 9.59 Å². The van der Waals surface area contributed by atoms with Crippen LogP contribution in [0, 0.1) is 0 Å². The molecule has 286 valence electrons. The number of nitrogens with zero attached hydrogens (tertiary/aromatic N) is 2. The molecule has 0 saturated carbocycles. The minimum absolute atomic E-state index is 0.148. The van der Waals surface area contributed by atoms with Crippen molar-refractivity contribution in [2.75, 3.05) is 67.6 Å². The Labute approximate surface area is 300 Å². The largest absolute Gasteiger partial charge is 0.460 e. The Morgan fingerprint density at radius 1 is 0.354 bits per heavy atom. The first-order valence-corrected chi connectivity index (χ1v) is 21.1. The number of rotatable bonds is 37. The standard InChI is InChI=1S/C42H86N2O4/c1-7-9-11-13-15-17-19-21-23-25-27-31-35-43(3,4)37-39-47-41(45)33-29-30-34-42(46)48-40-38-44(5,6)36-32-28-26-24-22-20-18-16-14-12-10-8-2/h7-40H2,1-6H3/q+2. The van der Waals surface area contributed by atoms with Gasteiger partial charge >= 0.3 is 11.9 Å². The molecule has 0 aromatic rings. The number of likely N-dealkylation sites (N-methyl/N-ethyl adjacent to an activating group) is 2. The van der Waals surface area contributed by atoms with E-state index in [1.807, 2.05) is 0 Å². The normalized spacial score (nSPS) is 12.0. The molecule has 0 aromatic heterocycles. The van der Waals surface area contributed by atoms with Gasteiger partial charge in [0.05, 0.1) is 41.3 Å². The van der Waals surface area contributed by atoms with Gasteiger partial charge < -0.3 is 18.4 Å². The summed E-state index contributed by atoms with van der Waals surface area (Å²) in [7, 11) is 8.93. The van der Waals surface area contributed by atoms with Gasteiger partial charge in [-0.15, -0.1) is 0 Å². The quantitative estimate of drug-likeness (QED) is 0.0372. The van der Waals surface area contributed by atoms with E-state index in [2.05, 4.69) is 42.0 Å². The number of carbonyl (C=O) groups is 2. The van der Waals surface area contributed by atoms with E-state index >= 15 is 0 Å². The number of ether oxygens (including phenoxy) is 2. The van der Waals surface area contributed by atoms with Gasteiger partial charge in [0.1, 0.15) is 26.3 Å². The van der Waals surface area contributed by atoms with E-state index in [1.165, 1.54) is 154 Å². The molecule has 0 saturated heterocycles. The summed E-state index contributed by atoms with van der Waals surface area (Å²) in [6.07, 6.45) is 35.0. The molecule has 0 aliphatic heterocycles. The van der Waals surface area contributed by atoms with E-state index < -0.39 is 0 Å². The van der Waals surface area contributed by atoms with Crippen LogP contribution in [0.25, 0.3) is 0 Å². The van der Waals surface area contributed by atoms with Crippen LogP contribution in [0.4, 0.5) is 0 Å². The van der Waals surface area contributed by atoms with Gasteiger partial charge in [0.2, 0.25) is 0 Å². The molecule has 6 heteroatoms. The zero-order valence-corrected chi connectivity index (χ0v) is 33.6. The monoisotopic (exact) mass is 683 g/mol. The minimum Gasteiger partial charge on any atom is -0.460 e. The molecule has 6 nitrogen and oxygen atoms in total. The molecule has 0 unspecified atom stereocenters. The van der Waals surface area contributed by atoms with Crippen molar-refractivity contribution in [3.63, 3.8) is 0 Å². The SMILES string of the molecule is CCCCCCCCCCCCCC[N+](C)(C)CCOC(=O)CCCCC(=O)OCC[N+](C)(C)CCCCCCCCCCCCCC. The van der Waals surface area contributed by atoms with Crippen LogP contribution in [0.2, 0.25) is 0 Å². The highest BCUT2D eigenvalue weighted by Gasteiger charge is 2.17. The van der Waals surface area contributed by atoms with Gasteiger partial charge in [0.15, 0.2) is 0 Å². The van der Waals surface area contributed by atoms with Crippen LogP contribution in [0.1, 0.15) is 194 Å². The molecule has 0 rings (SSSR count). The lowest BCUT2D eigenvalue weighted by molar-refractivity contribution is -0.890. The maximum absolute atomic E-state index is 12.2. The summed E-state index contributed by atoms with van der Waals surface area (Å²) >= 11 is 0. The molecule has 0 fully saturated rings. The summed E-state index contributed by atoms with van der Waals surface area (Å²) in [6, 6.07) is 0. The summed E-state index contributed by atoms with van der Waals surface area (Å²) in [5.74, 6) is -0.295. The summed E-state index contributed by atoms with van der Waals surface area (Å²) in [5, 5.41) is 0. The van der Waals surface area contributed by atoms with Gasteiger partial charge in [-0.1, -0.05) is 142 Å². The van der Waals surface area contributed by atoms with Gasteiger partial charge in [-0.2, -0.15) is 0 Å². The van der Waals surface area contributed by atoms with Crippen molar-refractivity contribution in [2.24, 2.45) is 0 Å². The van der Waals surface area contributed by atoms with E-state index in [0.717, 1.165) is 35.1 Å². The first kappa shape index (κ1) is 46.9. The lowest BCUT2D eigenvalue weighted by Gasteiger charge is -2.29. The van der Waals surface area contributed by atoms with Gasteiger partial charge in [-0.25, -0.2) is 0 Å². The number of esters is 2. The molecule has 0 bridgehead atoms. The van der Waals surface area contributed by atoms with Gasteiger partial charge in [0.25, 0.3) is 0 Å². The maximum atomic E-state index is 12.2. The molecule has 0 amide bonds. The summed E-state index contributed by atoms with van der Waals surface area (Å²) in [5.41, 5.74) is 0. The van der Waals surface area contributed by atoms with Crippen LogP contribution < -0.4 is 0 Å². The molecular formula is C42H86N2O4+2. The fraction of sp³-hybridized carbons (Fsp3) is 0.952. The lowest BCUT2D eigenvalue weighted by Crippen LogP contribution is -2.43. The third-order valence-corrected chi connectivity index (χ3v) is 10.2. The zero-order chi connectivity index (χ0) is 35.6. The van der Waals surface area contributed by atoms with Crippen LogP contribution in [-0.2, 0) is 19.1 Å². The molecule has 0 heterocycles. The first-order valence-electron chi connectivity index (χ1n) is 21.1. The highest BCUT2D eigenvalue weighted by Crippen LogP contribution is 2.14. The van der Waals surface area contributed by atoms with Crippen molar-refractivity contribution in [2.45, 2.75) is 194 Å². The molecule has 0 radical (unpaired) electrons. The summed E-state index contributed by atoms with van der Waals surface area (Å²) in [4.78, 5) is 24.4. The predicted octanol–water partition coefficient (Wildman–Crippen LogP) is 11.2. The third kappa shape index (κ3) is 34.7.